The van der Waals surface area contributed by atoms with Crippen LogP contribution in [0.4, 0.5) is 0 Å². The highest BCUT2D eigenvalue weighted by molar-refractivity contribution is 9.10. The van der Waals surface area contributed by atoms with Crippen molar-refractivity contribution in [2.75, 3.05) is 0 Å². The SMILES string of the molecule is CCn1nc(C)c(Br)c1CC(NN)c1cccc(C)n1. The zero-order chi connectivity index (χ0) is 14.7. The van der Waals surface area contributed by atoms with Crippen LogP contribution in [0, 0.1) is 13.8 Å². The monoisotopic (exact) mass is 337 g/mol. The van der Waals surface area contributed by atoms with E-state index in [0.717, 1.165) is 40.2 Å². The first-order chi connectivity index (χ1) is 9.56. The first kappa shape index (κ1) is 15.2. The molecule has 0 bridgehead atoms. The van der Waals surface area contributed by atoms with E-state index < -0.39 is 0 Å². The maximum atomic E-state index is 5.72. The molecule has 0 saturated carbocycles. The quantitative estimate of drug-likeness (QED) is 0.649. The van der Waals surface area contributed by atoms with Gasteiger partial charge in [0.15, 0.2) is 0 Å². The summed E-state index contributed by atoms with van der Waals surface area (Å²) in [6, 6.07) is 5.94. The number of halogens is 1. The Hall–Kier alpha value is -1.24. The van der Waals surface area contributed by atoms with Gasteiger partial charge in [-0.3, -0.25) is 20.9 Å². The number of hydrazine groups is 1. The summed E-state index contributed by atoms with van der Waals surface area (Å²) in [6.45, 7) is 6.89. The van der Waals surface area contributed by atoms with Gasteiger partial charge < -0.3 is 0 Å². The highest BCUT2D eigenvalue weighted by Crippen LogP contribution is 2.25. The number of nitrogens with one attached hydrogen (secondary N) is 1. The lowest BCUT2D eigenvalue weighted by molar-refractivity contribution is 0.505. The largest absolute Gasteiger partial charge is 0.271 e. The molecule has 0 aliphatic carbocycles. The van der Waals surface area contributed by atoms with Gasteiger partial charge in [-0.15, -0.1) is 0 Å². The van der Waals surface area contributed by atoms with Gasteiger partial charge >= 0.3 is 0 Å². The molecule has 0 amide bonds. The van der Waals surface area contributed by atoms with Crippen LogP contribution in [0.5, 0.6) is 0 Å². The Bertz CT molecular complexity index is 593. The highest BCUT2D eigenvalue weighted by atomic mass is 79.9. The summed E-state index contributed by atoms with van der Waals surface area (Å²) in [6.07, 6.45) is 0.738. The van der Waals surface area contributed by atoms with Crippen LogP contribution in [-0.2, 0) is 13.0 Å². The van der Waals surface area contributed by atoms with Crippen LogP contribution >= 0.6 is 15.9 Å². The molecule has 0 fully saturated rings. The number of aryl methyl sites for hydroxylation is 3. The Morgan fingerprint density at radius 2 is 2.15 bits per heavy atom. The van der Waals surface area contributed by atoms with E-state index in [1.165, 1.54) is 0 Å². The maximum Gasteiger partial charge on any atom is 0.0738 e. The smallest absolute Gasteiger partial charge is 0.0738 e. The molecular formula is C14H20BrN5. The van der Waals surface area contributed by atoms with E-state index in [0.29, 0.717) is 0 Å². The predicted molar refractivity (Wildman–Crippen MR) is 83.1 cm³/mol. The maximum absolute atomic E-state index is 5.72. The summed E-state index contributed by atoms with van der Waals surface area (Å²) in [4.78, 5) is 4.55. The summed E-state index contributed by atoms with van der Waals surface area (Å²) in [5, 5.41) is 4.51. The van der Waals surface area contributed by atoms with Gasteiger partial charge in [-0.2, -0.15) is 5.10 Å². The molecule has 3 N–H and O–H groups in total. The first-order valence-electron chi connectivity index (χ1n) is 6.68. The zero-order valence-electron chi connectivity index (χ0n) is 12.0. The van der Waals surface area contributed by atoms with Gasteiger partial charge in [0.1, 0.15) is 0 Å². The first-order valence-corrected chi connectivity index (χ1v) is 7.47. The van der Waals surface area contributed by atoms with Gasteiger partial charge in [0.25, 0.3) is 0 Å². The number of pyridine rings is 1. The number of nitrogens with two attached hydrogens (primary N) is 1. The van der Waals surface area contributed by atoms with E-state index in [-0.39, 0.29) is 6.04 Å². The van der Waals surface area contributed by atoms with Gasteiger partial charge in [0.05, 0.1) is 27.6 Å². The van der Waals surface area contributed by atoms with Crippen LogP contribution in [0.25, 0.3) is 0 Å². The summed E-state index contributed by atoms with van der Waals surface area (Å²) in [5.41, 5.74) is 6.92. The number of nitrogens with zero attached hydrogens (tertiary/aromatic N) is 3. The minimum atomic E-state index is -0.0346. The third-order valence-corrected chi connectivity index (χ3v) is 4.35. The lowest BCUT2D eigenvalue weighted by Crippen LogP contribution is -2.31. The van der Waals surface area contributed by atoms with E-state index in [2.05, 4.69) is 38.4 Å². The van der Waals surface area contributed by atoms with Gasteiger partial charge in [0.2, 0.25) is 0 Å². The van der Waals surface area contributed by atoms with Crippen molar-refractivity contribution in [2.24, 2.45) is 5.84 Å². The van der Waals surface area contributed by atoms with Crippen LogP contribution < -0.4 is 11.3 Å². The topological polar surface area (TPSA) is 68.8 Å². The zero-order valence-corrected chi connectivity index (χ0v) is 13.6. The van der Waals surface area contributed by atoms with Crippen molar-refractivity contribution in [1.29, 1.82) is 0 Å². The summed E-state index contributed by atoms with van der Waals surface area (Å²) in [7, 11) is 0. The Kier molecular flexibility index (Phi) is 4.91. The molecule has 6 heteroatoms. The molecule has 0 aromatic carbocycles. The lowest BCUT2D eigenvalue weighted by atomic mass is 10.1. The van der Waals surface area contributed by atoms with Crippen LogP contribution in [0.3, 0.4) is 0 Å². The summed E-state index contributed by atoms with van der Waals surface area (Å²) in [5.74, 6) is 5.72. The Morgan fingerprint density at radius 3 is 2.75 bits per heavy atom. The molecule has 1 atom stereocenters. The van der Waals surface area contributed by atoms with Gasteiger partial charge in [-0.25, -0.2) is 0 Å². The third-order valence-electron chi connectivity index (χ3n) is 3.32. The number of hydrogen-bond acceptors (Lipinski definition) is 4. The molecule has 0 saturated heterocycles. The molecule has 2 heterocycles. The number of hydrogen-bond donors (Lipinski definition) is 2. The van der Waals surface area contributed by atoms with E-state index >= 15 is 0 Å². The van der Waals surface area contributed by atoms with Crippen LogP contribution in [0.1, 0.15) is 35.7 Å². The van der Waals surface area contributed by atoms with Crippen molar-refractivity contribution in [2.45, 2.75) is 39.8 Å². The second-order valence-corrected chi connectivity index (χ2v) is 5.58. The lowest BCUT2D eigenvalue weighted by Gasteiger charge is -2.17. The van der Waals surface area contributed by atoms with E-state index in [1.54, 1.807) is 0 Å². The summed E-state index contributed by atoms with van der Waals surface area (Å²) >= 11 is 3.61. The molecular weight excluding hydrogens is 318 g/mol. The average Bonchev–Trinajstić information content (AvgIpc) is 2.71. The normalized spacial score (nSPS) is 12.7. The molecule has 2 aromatic heterocycles. The average molecular weight is 338 g/mol. The third kappa shape index (κ3) is 3.08. The molecule has 20 heavy (non-hydrogen) atoms. The van der Waals surface area contributed by atoms with E-state index in [1.807, 2.05) is 36.7 Å². The summed E-state index contributed by atoms with van der Waals surface area (Å²) < 4.78 is 3.05. The predicted octanol–water partition coefficient (Wildman–Crippen LogP) is 2.42. The fraction of sp³-hybridized carbons (Fsp3) is 0.429. The molecule has 5 nitrogen and oxygen atoms in total. The van der Waals surface area contributed by atoms with Gasteiger partial charge in [0, 0.05) is 18.7 Å². The Balaban J connectivity index is 2.31. The van der Waals surface area contributed by atoms with E-state index in [4.69, 9.17) is 5.84 Å². The molecule has 0 aliphatic rings. The molecule has 108 valence electrons. The van der Waals surface area contributed by atoms with Crippen LogP contribution in [-0.4, -0.2) is 14.8 Å². The Morgan fingerprint density at radius 1 is 1.40 bits per heavy atom. The number of aromatic nitrogens is 3. The second kappa shape index (κ2) is 6.47. The van der Waals surface area contributed by atoms with Crippen molar-refractivity contribution in [3.63, 3.8) is 0 Å². The molecule has 0 aliphatic heterocycles. The van der Waals surface area contributed by atoms with Crippen molar-refractivity contribution in [1.82, 2.24) is 20.2 Å². The Labute approximate surface area is 127 Å². The molecule has 0 spiro atoms. The highest BCUT2D eigenvalue weighted by Gasteiger charge is 2.19. The molecule has 1 unspecified atom stereocenters. The van der Waals surface area contributed by atoms with Crippen LogP contribution in [0.2, 0.25) is 0 Å². The van der Waals surface area contributed by atoms with Crippen molar-refractivity contribution < 1.29 is 0 Å². The standard InChI is InChI=1S/C14H20BrN5/c1-4-20-13(14(15)10(3)19-20)8-12(18-16)11-7-5-6-9(2)17-11/h5-7,12,18H,4,8,16H2,1-3H3. The van der Waals surface area contributed by atoms with Crippen LogP contribution in [0.15, 0.2) is 22.7 Å². The molecule has 2 rings (SSSR count). The molecule has 0 radical (unpaired) electrons. The van der Waals surface area contributed by atoms with E-state index in [9.17, 15) is 0 Å². The fourth-order valence-electron chi connectivity index (χ4n) is 2.26. The van der Waals surface area contributed by atoms with Gasteiger partial charge in [-0.05, 0) is 48.8 Å². The fourth-order valence-corrected chi connectivity index (χ4v) is 2.71. The minimum absolute atomic E-state index is 0.0346. The van der Waals surface area contributed by atoms with Gasteiger partial charge in [-0.1, -0.05) is 6.07 Å². The van der Waals surface area contributed by atoms with Crippen molar-refractivity contribution in [3.05, 3.63) is 45.4 Å². The van der Waals surface area contributed by atoms with Crippen molar-refractivity contribution in [3.8, 4) is 0 Å². The van der Waals surface area contributed by atoms with Crippen molar-refractivity contribution >= 4 is 15.9 Å². The second-order valence-electron chi connectivity index (χ2n) is 4.79. The number of rotatable bonds is 5. The molecule has 2 aromatic rings. The minimum Gasteiger partial charge on any atom is -0.271 e.